The number of nitrogens with one attached hydrogen (secondary N) is 3. The first-order valence-electron chi connectivity index (χ1n) is 10.0. The van der Waals surface area contributed by atoms with Crippen LogP contribution in [0.2, 0.25) is 0 Å². The lowest BCUT2D eigenvalue weighted by Crippen LogP contribution is -2.48. The van der Waals surface area contributed by atoms with Gasteiger partial charge >= 0.3 is 0 Å². The number of rotatable bonds is 7. The second kappa shape index (κ2) is 8.94. The minimum Gasteiger partial charge on any atom is -0.339 e. The molecule has 0 aliphatic carbocycles. The van der Waals surface area contributed by atoms with Crippen LogP contribution in [0.4, 0.5) is 5.69 Å². The van der Waals surface area contributed by atoms with E-state index in [1.807, 2.05) is 52.0 Å². The van der Waals surface area contributed by atoms with Gasteiger partial charge in [0, 0.05) is 30.2 Å². The first-order valence-corrected chi connectivity index (χ1v) is 10.0. The summed E-state index contributed by atoms with van der Waals surface area (Å²) in [4.78, 5) is 25.6. The number of aromatic nitrogens is 4. The summed E-state index contributed by atoms with van der Waals surface area (Å²) in [6.07, 6.45) is 2.31. The van der Waals surface area contributed by atoms with Crippen LogP contribution in [0, 0.1) is 19.8 Å². The van der Waals surface area contributed by atoms with E-state index in [1.54, 1.807) is 19.3 Å². The molecular formula is C22H28N6O2. The molecule has 30 heavy (non-hydrogen) atoms. The van der Waals surface area contributed by atoms with Gasteiger partial charge < -0.3 is 10.6 Å². The lowest BCUT2D eigenvalue weighted by Gasteiger charge is -2.23. The molecule has 0 unspecified atom stereocenters. The predicted octanol–water partition coefficient (Wildman–Crippen LogP) is 3.21. The van der Waals surface area contributed by atoms with Crippen LogP contribution in [0.15, 0.2) is 36.5 Å². The smallest absolute Gasteiger partial charge is 0.270 e. The monoisotopic (exact) mass is 408 g/mol. The molecule has 158 valence electrons. The second-order valence-corrected chi connectivity index (χ2v) is 7.55. The third-order valence-electron chi connectivity index (χ3n) is 5.40. The Labute approximate surface area is 176 Å². The number of amides is 2. The van der Waals surface area contributed by atoms with Crippen molar-refractivity contribution in [1.82, 2.24) is 25.3 Å². The fourth-order valence-corrected chi connectivity index (χ4v) is 3.43. The number of H-pyrrole nitrogens is 1. The number of benzene rings is 1. The van der Waals surface area contributed by atoms with E-state index in [2.05, 4.69) is 25.9 Å². The van der Waals surface area contributed by atoms with Crippen LogP contribution in [-0.4, -0.2) is 37.8 Å². The van der Waals surface area contributed by atoms with Crippen LogP contribution in [0.5, 0.6) is 0 Å². The molecule has 2 heterocycles. The number of hydrogen-bond donors (Lipinski definition) is 3. The lowest BCUT2D eigenvalue weighted by molar-refractivity contribution is -0.119. The van der Waals surface area contributed by atoms with E-state index >= 15 is 0 Å². The number of carbonyl (C=O) groups excluding carboxylic acids is 2. The Hall–Kier alpha value is -3.42. The molecule has 0 saturated heterocycles. The molecule has 0 bridgehead atoms. The third kappa shape index (κ3) is 4.42. The first-order chi connectivity index (χ1) is 14.3. The summed E-state index contributed by atoms with van der Waals surface area (Å²) in [5.41, 5.74) is 5.10. The van der Waals surface area contributed by atoms with E-state index in [1.165, 1.54) is 4.68 Å². The van der Waals surface area contributed by atoms with Gasteiger partial charge in [-0.15, -0.1) is 0 Å². The van der Waals surface area contributed by atoms with Gasteiger partial charge in [-0.1, -0.05) is 32.4 Å². The average Bonchev–Trinajstić information content (AvgIpc) is 3.31. The summed E-state index contributed by atoms with van der Waals surface area (Å²) in [6.45, 7) is 7.87. The molecule has 3 rings (SSSR count). The quantitative estimate of drug-likeness (QED) is 0.558. The van der Waals surface area contributed by atoms with E-state index < -0.39 is 6.04 Å². The summed E-state index contributed by atoms with van der Waals surface area (Å²) < 4.78 is 1.49. The molecule has 8 heteroatoms. The second-order valence-electron chi connectivity index (χ2n) is 7.55. The van der Waals surface area contributed by atoms with Gasteiger partial charge in [-0.3, -0.25) is 19.4 Å². The number of anilines is 1. The molecule has 0 aliphatic rings. The van der Waals surface area contributed by atoms with Crippen LogP contribution in [0.25, 0.3) is 11.1 Å². The fourth-order valence-electron chi connectivity index (χ4n) is 3.43. The summed E-state index contributed by atoms with van der Waals surface area (Å²) in [5.74, 6) is -0.599. The number of nitrogens with zero attached hydrogens (tertiary/aromatic N) is 3. The summed E-state index contributed by atoms with van der Waals surface area (Å²) in [5, 5.41) is 17.0. The molecule has 0 fully saturated rings. The number of carbonyl (C=O) groups is 2. The highest BCUT2D eigenvalue weighted by atomic mass is 16.2. The van der Waals surface area contributed by atoms with E-state index in [9.17, 15) is 9.59 Å². The van der Waals surface area contributed by atoms with Crippen LogP contribution in [-0.2, 0) is 11.8 Å². The highest BCUT2D eigenvalue weighted by molar-refractivity contribution is 6.00. The number of aromatic amines is 1. The van der Waals surface area contributed by atoms with E-state index in [0.29, 0.717) is 11.4 Å². The molecule has 2 aromatic heterocycles. The van der Waals surface area contributed by atoms with Gasteiger partial charge in [-0.05, 0) is 43.5 Å². The zero-order valence-electron chi connectivity index (χ0n) is 18.0. The van der Waals surface area contributed by atoms with Crippen molar-refractivity contribution in [3.8, 4) is 11.1 Å². The Kier molecular flexibility index (Phi) is 6.34. The van der Waals surface area contributed by atoms with Gasteiger partial charge in [0.25, 0.3) is 5.91 Å². The van der Waals surface area contributed by atoms with E-state index in [-0.39, 0.29) is 17.7 Å². The predicted molar refractivity (Wildman–Crippen MR) is 116 cm³/mol. The fraction of sp³-hybridized carbons (Fsp3) is 0.364. The molecule has 2 amide bonds. The lowest BCUT2D eigenvalue weighted by atomic mass is 9.98. The molecule has 8 nitrogen and oxygen atoms in total. The van der Waals surface area contributed by atoms with Gasteiger partial charge in [0.1, 0.15) is 11.7 Å². The van der Waals surface area contributed by atoms with Crippen LogP contribution < -0.4 is 10.6 Å². The van der Waals surface area contributed by atoms with Crippen LogP contribution in [0.1, 0.15) is 42.1 Å². The zero-order valence-corrected chi connectivity index (χ0v) is 18.0. The summed E-state index contributed by atoms with van der Waals surface area (Å²) in [7, 11) is 1.69. The molecular weight excluding hydrogens is 380 g/mol. The van der Waals surface area contributed by atoms with Gasteiger partial charge in [0.05, 0.1) is 5.69 Å². The van der Waals surface area contributed by atoms with Crippen LogP contribution in [0.3, 0.4) is 0 Å². The van der Waals surface area contributed by atoms with Crippen molar-refractivity contribution >= 4 is 17.5 Å². The minimum absolute atomic E-state index is 0.0299. The average molecular weight is 409 g/mol. The summed E-state index contributed by atoms with van der Waals surface area (Å²) >= 11 is 0. The minimum atomic E-state index is -0.657. The number of hydrogen-bond acceptors (Lipinski definition) is 4. The van der Waals surface area contributed by atoms with Gasteiger partial charge in [0.15, 0.2) is 0 Å². The van der Waals surface area contributed by atoms with Gasteiger partial charge in [-0.25, -0.2) is 0 Å². The number of aryl methyl sites for hydroxylation is 3. The highest BCUT2D eigenvalue weighted by Gasteiger charge is 2.27. The normalized spacial score (nSPS) is 13.0. The molecule has 3 aromatic rings. The molecule has 0 aliphatic heterocycles. The Bertz CT molecular complexity index is 1010. The Balaban J connectivity index is 1.74. The maximum Gasteiger partial charge on any atom is 0.270 e. The Morgan fingerprint density at radius 3 is 2.40 bits per heavy atom. The molecule has 1 aromatic carbocycles. The molecule has 0 saturated carbocycles. The largest absolute Gasteiger partial charge is 0.339 e. The van der Waals surface area contributed by atoms with Crippen molar-refractivity contribution in [2.45, 2.75) is 40.2 Å². The van der Waals surface area contributed by atoms with E-state index in [0.717, 1.165) is 28.9 Å². The van der Waals surface area contributed by atoms with Crippen molar-refractivity contribution in [3.63, 3.8) is 0 Å². The zero-order chi connectivity index (χ0) is 21.8. The SMILES string of the molecule is CC[C@H](C)[C@H](NC(=O)c1ccnn1C)C(=O)Nc1ccc(-c2c(C)n[nH]c2C)cc1. The maximum absolute atomic E-state index is 13.0. The molecule has 2 atom stereocenters. The van der Waals surface area contributed by atoms with Gasteiger partial charge in [-0.2, -0.15) is 10.2 Å². The first kappa shape index (κ1) is 21.3. The topological polar surface area (TPSA) is 105 Å². The maximum atomic E-state index is 13.0. The molecule has 0 spiro atoms. The summed E-state index contributed by atoms with van der Waals surface area (Å²) in [6, 6.07) is 8.58. The third-order valence-corrected chi connectivity index (χ3v) is 5.40. The van der Waals surface area contributed by atoms with E-state index in [4.69, 9.17) is 0 Å². The molecule has 0 radical (unpaired) electrons. The van der Waals surface area contributed by atoms with Crippen molar-refractivity contribution in [3.05, 3.63) is 53.6 Å². The Morgan fingerprint density at radius 2 is 1.87 bits per heavy atom. The highest BCUT2D eigenvalue weighted by Crippen LogP contribution is 2.26. The van der Waals surface area contributed by atoms with Crippen molar-refractivity contribution in [2.75, 3.05) is 5.32 Å². The molecule has 3 N–H and O–H groups in total. The Morgan fingerprint density at radius 1 is 1.17 bits per heavy atom. The van der Waals surface area contributed by atoms with Crippen LogP contribution >= 0.6 is 0 Å². The van der Waals surface area contributed by atoms with Crippen molar-refractivity contribution in [1.29, 1.82) is 0 Å². The van der Waals surface area contributed by atoms with Gasteiger partial charge in [0.2, 0.25) is 5.91 Å². The van der Waals surface area contributed by atoms with Crippen molar-refractivity contribution < 1.29 is 9.59 Å². The standard InChI is InChI=1S/C22H28N6O2/c1-6-13(2)20(25-21(29)18-11-12-23-28(18)5)22(30)24-17-9-7-16(8-10-17)19-14(3)26-27-15(19)4/h7-13,20H,6H2,1-5H3,(H,24,30)(H,25,29)(H,26,27)/t13-,20-/m0/s1. The van der Waals surface area contributed by atoms with Crippen molar-refractivity contribution in [2.24, 2.45) is 13.0 Å².